The van der Waals surface area contributed by atoms with Gasteiger partial charge in [0.15, 0.2) is 30.4 Å². The molecule has 3 atom stereocenters. The number of pyridine rings is 2. The molecule has 3 aromatic rings. The lowest BCUT2D eigenvalue weighted by Crippen LogP contribution is -2.46. The largest absolute Gasteiger partial charge is 0.486 e. The number of hydrogen-bond acceptors (Lipinski definition) is 7. The third-order valence-electron chi connectivity index (χ3n) is 8.67. The van der Waals surface area contributed by atoms with Crippen molar-refractivity contribution in [2.45, 2.75) is 44.5 Å². The Bertz CT molecular complexity index is 1620. The van der Waals surface area contributed by atoms with Crippen molar-refractivity contribution in [2.75, 3.05) is 57.6 Å². The van der Waals surface area contributed by atoms with Crippen molar-refractivity contribution in [3.8, 4) is 5.75 Å². The summed E-state index contributed by atoms with van der Waals surface area (Å²) in [6, 6.07) is 4.72. The zero-order valence-corrected chi connectivity index (χ0v) is 24.2. The molecule has 222 valence electrons. The maximum absolute atomic E-state index is 14.6. The Morgan fingerprint density at radius 2 is 2.12 bits per heavy atom. The summed E-state index contributed by atoms with van der Waals surface area (Å²) in [7, 11) is 3.74. The molecule has 0 aliphatic carbocycles. The molecule has 0 amide bonds. The maximum atomic E-state index is 14.6. The molecule has 0 bridgehead atoms. The van der Waals surface area contributed by atoms with Gasteiger partial charge in [0, 0.05) is 32.8 Å². The normalized spacial score (nSPS) is 23.2. The zero-order chi connectivity index (χ0) is 29.5. The number of hydrogen-bond donors (Lipinski definition) is 1. The maximum Gasteiger partial charge on any atom is 0.202 e. The lowest BCUT2D eigenvalue weighted by atomic mass is 10.0. The molecule has 2 N–H and O–H groups in total. The second-order valence-electron chi connectivity index (χ2n) is 11.5. The Balaban J connectivity index is 1.45. The summed E-state index contributed by atoms with van der Waals surface area (Å²) in [6.07, 6.45) is 10.3. The molecule has 0 spiro atoms. The predicted octanol–water partition coefficient (Wildman–Crippen LogP) is 3.55. The van der Waals surface area contributed by atoms with Crippen LogP contribution in [-0.4, -0.2) is 84.5 Å². The van der Waals surface area contributed by atoms with E-state index < -0.39 is 11.6 Å². The molecule has 1 aromatic carbocycles. The van der Waals surface area contributed by atoms with Crippen LogP contribution in [0.4, 0.5) is 20.3 Å². The molecule has 11 heteroatoms. The molecule has 3 aliphatic rings. The smallest absolute Gasteiger partial charge is 0.202 e. The second kappa shape index (κ2) is 11.4. The monoisotopic (exact) mass is 579 g/mol. The molecule has 2 aromatic heterocycles. The summed E-state index contributed by atoms with van der Waals surface area (Å²) < 4.78 is 44.5. The molecule has 1 fully saturated rings. The highest BCUT2D eigenvalue weighted by atomic mass is 19.2. The number of nitrogens with zero attached hydrogens (tertiary/aromatic N) is 5. The van der Waals surface area contributed by atoms with Gasteiger partial charge in [-0.05, 0) is 56.7 Å². The number of likely N-dealkylation sites (N-methyl/N-ethyl adjacent to an activating group) is 1. The third-order valence-corrected chi connectivity index (χ3v) is 8.67. The lowest BCUT2D eigenvalue weighted by molar-refractivity contribution is -0.554. The van der Waals surface area contributed by atoms with Gasteiger partial charge in [0.25, 0.3) is 0 Å². The van der Waals surface area contributed by atoms with Crippen LogP contribution in [0.15, 0.2) is 47.0 Å². The lowest BCUT2D eigenvalue weighted by Gasteiger charge is -2.34. The third kappa shape index (κ3) is 5.27. The van der Waals surface area contributed by atoms with E-state index in [9.17, 15) is 13.6 Å². The highest BCUT2D eigenvalue weighted by molar-refractivity contribution is 5.90. The number of benzene rings is 1. The number of piperidine rings is 1. The van der Waals surface area contributed by atoms with Gasteiger partial charge in [-0.25, -0.2) is 13.9 Å². The first-order valence-electron chi connectivity index (χ1n) is 14.4. The van der Waals surface area contributed by atoms with E-state index in [2.05, 4.69) is 25.4 Å². The number of methoxy groups -OCH3 is 1. The van der Waals surface area contributed by atoms with Crippen LogP contribution in [-0.2, 0) is 4.74 Å². The van der Waals surface area contributed by atoms with Gasteiger partial charge in [0.05, 0.1) is 35.4 Å². The first kappa shape index (κ1) is 28.3. The Morgan fingerprint density at radius 3 is 2.88 bits per heavy atom. The number of anilines is 2. The van der Waals surface area contributed by atoms with Crippen molar-refractivity contribution in [2.24, 2.45) is 0 Å². The van der Waals surface area contributed by atoms with E-state index in [1.54, 1.807) is 25.6 Å². The number of nitrogens with two attached hydrogens (primary N) is 1. The average molecular weight is 580 g/mol. The van der Waals surface area contributed by atoms with Gasteiger partial charge in [-0.3, -0.25) is 9.69 Å². The first-order valence-corrected chi connectivity index (χ1v) is 14.4. The summed E-state index contributed by atoms with van der Waals surface area (Å²) >= 11 is 0. The van der Waals surface area contributed by atoms with Gasteiger partial charge in [0.2, 0.25) is 11.2 Å². The van der Waals surface area contributed by atoms with E-state index in [4.69, 9.17) is 15.2 Å². The van der Waals surface area contributed by atoms with Crippen molar-refractivity contribution in [3.63, 3.8) is 0 Å². The van der Waals surface area contributed by atoms with Gasteiger partial charge in [-0.1, -0.05) is 0 Å². The van der Waals surface area contributed by atoms with E-state index in [1.807, 2.05) is 30.8 Å². The van der Waals surface area contributed by atoms with E-state index >= 15 is 0 Å². The van der Waals surface area contributed by atoms with Crippen LogP contribution in [0.5, 0.6) is 5.75 Å². The van der Waals surface area contributed by atoms with Gasteiger partial charge in [0.1, 0.15) is 24.2 Å². The summed E-state index contributed by atoms with van der Waals surface area (Å²) in [4.78, 5) is 22.6. The predicted molar refractivity (Wildman–Crippen MR) is 159 cm³/mol. The average Bonchev–Trinajstić information content (AvgIpc) is 2.99. The summed E-state index contributed by atoms with van der Waals surface area (Å²) in [5, 5.41) is 0.111. The topological polar surface area (TPSA) is 88.9 Å². The molecule has 0 radical (unpaired) electrons. The minimum absolute atomic E-state index is 0.0931. The van der Waals surface area contributed by atoms with Gasteiger partial charge in [-0.15, -0.1) is 0 Å². The summed E-state index contributed by atoms with van der Waals surface area (Å²) in [6.45, 7) is 5.22. The van der Waals surface area contributed by atoms with Crippen molar-refractivity contribution >= 4 is 28.6 Å². The fourth-order valence-corrected chi connectivity index (χ4v) is 6.28. The quantitative estimate of drug-likeness (QED) is 0.272. The number of rotatable bonds is 6. The molecule has 42 heavy (non-hydrogen) atoms. The molecule has 3 aliphatic heterocycles. The fourth-order valence-electron chi connectivity index (χ4n) is 6.28. The standard InChI is InChI=1S/C31H37F2N6O3/c1-19-18-42-31-28(33)25(32)12-24-29(31)39(19)16-21(30(24)40)15-38(14-20-8-10-36(2)27(11-20)41-3)23-5-4-9-37(17-23)22-6-7-26(34)35-13-22/h6-7,11-13,15-16,19,23,27H,4-5,8-10,14,17-18H2,1-3H3,(H2,34,35)/q+1/t19?,23-,27?/m0/s1. The van der Waals surface area contributed by atoms with Gasteiger partial charge < -0.3 is 24.7 Å². The molecule has 5 heterocycles. The molecule has 2 unspecified atom stereocenters. The number of aromatic nitrogens is 2. The van der Waals surface area contributed by atoms with E-state index in [0.29, 0.717) is 23.4 Å². The summed E-state index contributed by atoms with van der Waals surface area (Å²) in [5.41, 5.74) is 8.42. The van der Waals surface area contributed by atoms with Crippen LogP contribution in [0.1, 0.15) is 37.8 Å². The van der Waals surface area contributed by atoms with Crippen molar-refractivity contribution in [3.05, 3.63) is 69.7 Å². The summed E-state index contributed by atoms with van der Waals surface area (Å²) in [5.74, 6) is -1.89. The minimum Gasteiger partial charge on any atom is -0.486 e. The van der Waals surface area contributed by atoms with Crippen molar-refractivity contribution in [1.82, 2.24) is 14.5 Å². The van der Waals surface area contributed by atoms with Gasteiger partial charge >= 0.3 is 0 Å². The Labute approximate surface area is 243 Å². The molecule has 6 rings (SSSR count). The zero-order valence-electron chi connectivity index (χ0n) is 24.2. The highest BCUT2D eigenvalue weighted by Gasteiger charge is 2.32. The minimum atomic E-state index is -1.09. The molecule has 0 saturated carbocycles. The molecular weight excluding hydrogens is 542 g/mol. The van der Waals surface area contributed by atoms with Crippen LogP contribution >= 0.6 is 0 Å². The van der Waals surface area contributed by atoms with E-state index in [1.165, 1.54) is 5.57 Å². The highest BCUT2D eigenvalue weighted by Crippen LogP contribution is 2.35. The second-order valence-corrected chi connectivity index (χ2v) is 11.5. The Hall–Kier alpha value is -3.83. The van der Waals surface area contributed by atoms with Crippen LogP contribution < -0.4 is 20.8 Å². The van der Waals surface area contributed by atoms with Crippen molar-refractivity contribution < 1.29 is 22.8 Å². The Morgan fingerprint density at radius 1 is 1.29 bits per heavy atom. The molecule has 1 saturated heterocycles. The van der Waals surface area contributed by atoms with Crippen LogP contribution in [0.3, 0.4) is 0 Å². The van der Waals surface area contributed by atoms with E-state index in [-0.39, 0.29) is 41.5 Å². The van der Waals surface area contributed by atoms with Crippen LogP contribution in [0.2, 0.25) is 0 Å². The Kier molecular flexibility index (Phi) is 7.71. The first-order chi connectivity index (χ1) is 20.2. The number of halogens is 2. The number of ether oxygens (including phenoxy) is 2. The van der Waals surface area contributed by atoms with Crippen LogP contribution in [0, 0.1) is 11.6 Å². The fraction of sp³-hybridized carbons (Fsp3) is 0.452. The SMILES string of the molecule is COC1C=C(C[N+](=Cc2cn3c4c(c(F)c(F)cc4c2=O)OCC3C)[C@H]2CCCN(c3ccc(N)nc3)C2)CCN1C. The van der Waals surface area contributed by atoms with Gasteiger partial charge in [-0.2, -0.15) is 4.39 Å². The van der Waals surface area contributed by atoms with E-state index in [0.717, 1.165) is 50.7 Å². The molecular formula is C31H37F2N6O3+. The number of nitrogen functional groups attached to an aromatic ring is 1. The van der Waals surface area contributed by atoms with Crippen LogP contribution in [0.25, 0.3) is 10.9 Å². The van der Waals surface area contributed by atoms with Crippen molar-refractivity contribution in [1.29, 1.82) is 0 Å². The molecule has 9 nitrogen and oxygen atoms in total.